The number of aryl methyl sites for hydroxylation is 1. The smallest absolute Gasteiger partial charge is 0.340 e. The maximum atomic E-state index is 11.8. The molecule has 5 heteroatoms. The van der Waals surface area contributed by atoms with E-state index in [2.05, 4.69) is 5.32 Å². The summed E-state index contributed by atoms with van der Waals surface area (Å²) in [5.41, 5.74) is 2.36. The Bertz CT molecular complexity index is 685. The highest BCUT2D eigenvalue weighted by Gasteiger charge is 2.12. The quantitative estimate of drug-likeness (QED) is 0.862. The van der Waals surface area contributed by atoms with Crippen LogP contribution in [0.5, 0.6) is 0 Å². The van der Waals surface area contributed by atoms with Gasteiger partial charge in [-0.3, -0.25) is 4.79 Å². The highest BCUT2D eigenvalue weighted by molar-refractivity contribution is 6.33. The summed E-state index contributed by atoms with van der Waals surface area (Å²) in [5, 5.41) is 3.00. The Balaban J connectivity index is 1.81. The summed E-state index contributed by atoms with van der Waals surface area (Å²) in [6.45, 7) is 2.04. The van der Waals surface area contributed by atoms with Gasteiger partial charge in [0.25, 0.3) is 5.91 Å². The third kappa shape index (κ3) is 4.60. The molecular weight excluding hydrogens is 302 g/mol. The van der Waals surface area contributed by atoms with E-state index >= 15 is 0 Å². The predicted molar refractivity (Wildman–Crippen MR) is 84.8 cm³/mol. The number of ether oxygens (including phenoxy) is 1. The molecule has 0 aliphatic heterocycles. The van der Waals surface area contributed by atoms with Crippen molar-refractivity contribution in [1.29, 1.82) is 0 Å². The number of carbonyl (C=O) groups excluding carboxylic acids is 2. The standard InChI is InChI=1S/C17H16ClNO3/c1-12-5-4-6-13(9-12)10-19-16(20)11-22-17(21)14-7-2-3-8-15(14)18/h2-9H,10-11H2,1H3,(H,19,20). The van der Waals surface area contributed by atoms with Crippen LogP contribution < -0.4 is 5.32 Å². The molecular formula is C17H16ClNO3. The largest absolute Gasteiger partial charge is 0.452 e. The number of halogens is 1. The van der Waals surface area contributed by atoms with E-state index in [4.69, 9.17) is 16.3 Å². The normalized spacial score (nSPS) is 10.1. The first-order chi connectivity index (χ1) is 10.6. The minimum Gasteiger partial charge on any atom is -0.452 e. The van der Waals surface area contributed by atoms with Crippen LogP contribution in [-0.4, -0.2) is 18.5 Å². The first-order valence-electron chi connectivity index (χ1n) is 6.80. The summed E-state index contributed by atoms with van der Waals surface area (Å²) in [6.07, 6.45) is 0. The molecule has 0 unspecified atom stereocenters. The van der Waals surface area contributed by atoms with E-state index < -0.39 is 5.97 Å². The van der Waals surface area contributed by atoms with Crippen LogP contribution in [0.1, 0.15) is 21.5 Å². The van der Waals surface area contributed by atoms with Gasteiger partial charge in [0, 0.05) is 6.54 Å². The van der Waals surface area contributed by atoms with Crippen molar-refractivity contribution < 1.29 is 14.3 Å². The molecule has 0 saturated heterocycles. The van der Waals surface area contributed by atoms with Gasteiger partial charge in [-0.05, 0) is 24.6 Å². The Morgan fingerprint density at radius 1 is 1.14 bits per heavy atom. The van der Waals surface area contributed by atoms with Crippen molar-refractivity contribution in [2.24, 2.45) is 0 Å². The van der Waals surface area contributed by atoms with Gasteiger partial charge in [0.2, 0.25) is 0 Å². The molecule has 22 heavy (non-hydrogen) atoms. The molecule has 4 nitrogen and oxygen atoms in total. The number of nitrogens with one attached hydrogen (secondary N) is 1. The van der Waals surface area contributed by atoms with Crippen LogP contribution in [0.2, 0.25) is 5.02 Å². The molecule has 0 spiro atoms. The average Bonchev–Trinajstić information content (AvgIpc) is 2.51. The first-order valence-corrected chi connectivity index (χ1v) is 7.18. The van der Waals surface area contributed by atoms with E-state index in [0.717, 1.165) is 11.1 Å². The molecule has 0 bridgehead atoms. The molecule has 1 N–H and O–H groups in total. The predicted octanol–water partition coefficient (Wildman–Crippen LogP) is 3.12. The molecule has 114 valence electrons. The van der Waals surface area contributed by atoms with Crippen molar-refractivity contribution in [3.8, 4) is 0 Å². The van der Waals surface area contributed by atoms with Gasteiger partial charge in [-0.1, -0.05) is 53.6 Å². The van der Waals surface area contributed by atoms with Gasteiger partial charge in [-0.15, -0.1) is 0 Å². The Labute approximate surface area is 134 Å². The molecule has 0 saturated carbocycles. The fourth-order valence-electron chi connectivity index (χ4n) is 1.91. The Morgan fingerprint density at radius 2 is 1.91 bits per heavy atom. The molecule has 2 aromatic carbocycles. The van der Waals surface area contributed by atoms with Gasteiger partial charge in [0.1, 0.15) is 0 Å². The van der Waals surface area contributed by atoms with E-state index in [-0.39, 0.29) is 18.1 Å². The second-order valence-electron chi connectivity index (χ2n) is 4.82. The summed E-state index contributed by atoms with van der Waals surface area (Å²) in [5.74, 6) is -0.974. The van der Waals surface area contributed by atoms with Gasteiger partial charge < -0.3 is 10.1 Å². The van der Waals surface area contributed by atoms with Crippen molar-refractivity contribution >= 4 is 23.5 Å². The molecule has 0 radical (unpaired) electrons. The van der Waals surface area contributed by atoms with Crippen molar-refractivity contribution in [2.45, 2.75) is 13.5 Å². The molecule has 0 atom stereocenters. The second kappa shape index (κ2) is 7.61. The molecule has 2 aromatic rings. The highest BCUT2D eigenvalue weighted by atomic mass is 35.5. The van der Waals surface area contributed by atoms with Gasteiger partial charge in [0.05, 0.1) is 10.6 Å². The number of carbonyl (C=O) groups is 2. The van der Waals surface area contributed by atoms with E-state index in [1.807, 2.05) is 31.2 Å². The summed E-state index contributed by atoms with van der Waals surface area (Å²) in [6, 6.07) is 14.4. The fourth-order valence-corrected chi connectivity index (χ4v) is 2.12. The minimum atomic E-state index is -0.615. The van der Waals surface area contributed by atoms with Crippen LogP contribution in [-0.2, 0) is 16.1 Å². The lowest BCUT2D eigenvalue weighted by molar-refractivity contribution is -0.124. The van der Waals surface area contributed by atoms with Crippen LogP contribution >= 0.6 is 11.6 Å². The maximum absolute atomic E-state index is 11.8. The van der Waals surface area contributed by atoms with E-state index in [1.165, 1.54) is 0 Å². The van der Waals surface area contributed by atoms with Crippen molar-refractivity contribution in [3.63, 3.8) is 0 Å². The number of benzene rings is 2. The lowest BCUT2D eigenvalue weighted by Gasteiger charge is -2.08. The lowest BCUT2D eigenvalue weighted by atomic mass is 10.1. The number of rotatable bonds is 5. The topological polar surface area (TPSA) is 55.4 Å². The lowest BCUT2D eigenvalue weighted by Crippen LogP contribution is -2.28. The molecule has 0 heterocycles. The monoisotopic (exact) mass is 317 g/mol. The first kappa shape index (κ1) is 16.0. The van der Waals surface area contributed by atoms with Crippen molar-refractivity contribution in [3.05, 3.63) is 70.2 Å². The SMILES string of the molecule is Cc1cccc(CNC(=O)COC(=O)c2ccccc2Cl)c1. The van der Waals surface area contributed by atoms with Crippen molar-refractivity contribution in [1.82, 2.24) is 5.32 Å². The minimum absolute atomic E-state index is 0.246. The summed E-state index contributed by atoms with van der Waals surface area (Å²) in [4.78, 5) is 23.5. The van der Waals surface area contributed by atoms with Crippen LogP contribution in [0.15, 0.2) is 48.5 Å². The Morgan fingerprint density at radius 3 is 2.64 bits per heavy atom. The molecule has 0 fully saturated rings. The molecule has 1 amide bonds. The second-order valence-corrected chi connectivity index (χ2v) is 5.23. The van der Waals surface area contributed by atoms with Gasteiger partial charge in [-0.2, -0.15) is 0 Å². The van der Waals surface area contributed by atoms with Crippen molar-refractivity contribution in [2.75, 3.05) is 6.61 Å². The number of amides is 1. The average molecular weight is 318 g/mol. The van der Waals surface area contributed by atoms with Crippen LogP contribution in [0, 0.1) is 6.92 Å². The Kier molecular flexibility index (Phi) is 5.55. The zero-order chi connectivity index (χ0) is 15.9. The fraction of sp³-hybridized carbons (Fsp3) is 0.176. The zero-order valence-corrected chi connectivity index (χ0v) is 12.9. The number of esters is 1. The third-order valence-corrected chi connectivity index (χ3v) is 3.33. The van der Waals surface area contributed by atoms with Crippen LogP contribution in [0.25, 0.3) is 0 Å². The zero-order valence-electron chi connectivity index (χ0n) is 12.1. The molecule has 0 aliphatic carbocycles. The summed E-state index contributed by atoms with van der Waals surface area (Å²) in [7, 11) is 0. The summed E-state index contributed by atoms with van der Waals surface area (Å²) < 4.78 is 4.95. The molecule has 0 aliphatic rings. The van der Waals surface area contributed by atoms with Gasteiger partial charge >= 0.3 is 5.97 Å². The van der Waals surface area contributed by atoms with Gasteiger partial charge in [-0.25, -0.2) is 4.79 Å². The highest BCUT2D eigenvalue weighted by Crippen LogP contribution is 2.15. The molecule has 2 rings (SSSR count). The number of hydrogen-bond acceptors (Lipinski definition) is 3. The van der Waals surface area contributed by atoms with E-state index in [1.54, 1.807) is 24.3 Å². The number of hydrogen-bond donors (Lipinski definition) is 1. The van der Waals surface area contributed by atoms with Crippen LogP contribution in [0.4, 0.5) is 0 Å². The van der Waals surface area contributed by atoms with E-state index in [9.17, 15) is 9.59 Å². The molecule has 0 aromatic heterocycles. The van der Waals surface area contributed by atoms with E-state index in [0.29, 0.717) is 11.6 Å². The third-order valence-electron chi connectivity index (χ3n) is 3.00. The summed E-state index contributed by atoms with van der Waals surface area (Å²) >= 11 is 5.89. The Hall–Kier alpha value is -2.33. The van der Waals surface area contributed by atoms with Crippen LogP contribution in [0.3, 0.4) is 0 Å². The maximum Gasteiger partial charge on any atom is 0.340 e. The van der Waals surface area contributed by atoms with Gasteiger partial charge in [0.15, 0.2) is 6.61 Å².